The number of rotatable bonds is 6. The first kappa shape index (κ1) is 12.0. The Labute approximate surface area is 93.2 Å². The van der Waals surface area contributed by atoms with Gasteiger partial charge < -0.3 is 5.32 Å². The van der Waals surface area contributed by atoms with E-state index in [0.29, 0.717) is 6.04 Å². The third-order valence-electron chi connectivity index (χ3n) is 2.54. The van der Waals surface area contributed by atoms with E-state index in [1.807, 2.05) is 6.08 Å². The summed E-state index contributed by atoms with van der Waals surface area (Å²) < 4.78 is 0. The monoisotopic (exact) mass is 203 g/mol. The van der Waals surface area contributed by atoms with Crippen molar-refractivity contribution in [1.29, 1.82) is 0 Å². The van der Waals surface area contributed by atoms with Crippen LogP contribution in [0, 0.1) is 6.92 Å². The van der Waals surface area contributed by atoms with Crippen molar-refractivity contribution in [1.82, 2.24) is 5.32 Å². The van der Waals surface area contributed by atoms with Gasteiger partial charge in [-0.05, 0) is 32.3 Å². The maximum atomic E-state index is 3.73. The highest BCUT2D eigenvalue weighted by Crippen LogP contribution is 2.04. The van der Waals surface area contributed by atoms with Gasteiger partial charge >= 0.3 is 0 Å². The van der Waals surface area contributed by atoms with E-state index in [-0.39, 0.29) is 0 Å². The number of hydrogen-bond donors (Lipinski definition) is 1. The van der Waals surface area contributed by atoms with Crippen LogP contribution in [0.2, 0.25) is 0 Å². The molecule has 0 aliphatic carbocycles. The molecule has 0 fully saturated rings. The van der Waals surface area contributed by atoms with Crippen molar-refractivity contribution in [2.75, 3.05) is 0 Å². The van der Waals surface area contributed by atoms with E-state index >= 15 is 0 Å². The summed E-state index contributed by atoms with van der Waals surface area (Å²) in [6.45, 7) is 9.04. The molecule has 1 aromatic rings. The first-order valence-corrected chi connectivity index (χ1v) is 5.62. The van der Waals surface area contributed by atoms with Gasteiger partial charge in [0, 0.05) is 12.6 Å². The lowest BCUT2D eigenvalue weighted by molar-refractivity contribution is 0.518. The second-order valence-electron chi connectivity index (χ2n) is 4.14. The molecule has 0 saturated carbocycles. The summed E-state index contributed by atoms with van der Waals surface area (Å²) >= 11 is 0. The van der Waals surface area contributed by atoms with Crippen molar-refractivity contribution in [2.45, 2.75) is 39.3 Å². The lowest BCUT2D eigenvalue weighted by Gasteiger charge is -2.12. The van der Waals surface area contributed by atoms with E-state index in [0.717, 1.165) is 19.4 Å². The normalized spacial score (nSPS) is 12.4. The third kappa shape index (κ3) is 4.80. The molecule has 0 unspecified atom stereocenters. The molecular weight excluding hydrogens is 182 g/mol. The minimum absolute atomic E-state index is 0.559. The Bertz CT molecular complexity index is 304. The largest absolute Gasteiger partial charge is 0.310 e. The minimum Gasteiger partial charge on any atom is -0.310 e. The van der Waals surface area contributed by atoms with Gasteiger partial charge in [0.25, 0.3) is 0 Å². The van der Waals surface area contributed by atoms with Crippen LogP contribution in [0.5, 0.6) is 0 Å². The predicted molar refractivity (Wildman–Crippen MR) is 66.9 cm³/mol. The number of benzene rings is 1. The van der Waals surface area contributed by atoms with Gasteiger partial charge in [0.1, 0.15) is 0 Å². The number of aryl methyl sites for hydroxylation is 1. The van der Waals surface area contributed by atoms with Gasteiger partial charge in [-0.3, -0.25) is 0 Å². The Morgan fingerprint density at radius 2 is 2.27 bits per heavy atom. The standard InChI is InChI=1S/C14H21N/c1-4-5-8-13(3)15-11-14-9-6-7-12(2)10-14/h4,6-7,9-10,13,15H,1,5,8,11H2,2-3H3/t13-/m1/s1. The van der Waals surface area contributed by atoms with Crippen LogP contribution >= 0.6 is 0 Å². The maximum Gasteiger partial charge on any atom is 0.0208 e. The molecule has 0 saturated heterocycles. The maximum absolute atomic E-state index is 3.73. The van der Waals surface area contributed by atoms with E-state index in [4.69, 9.17) is 0 Å². The predicted octanol–water partition coefficient (Wildman–Crippen LogP) is 3.44. The van der Waals surface area contributed by atoms with Gasteiger partial charge in [0.15, 0.2) is 0 Å². The number of allylic oxidation sites excluding steroid dienone is 1. The van der Waals surface area contributed by atoms with E-state index in [1.54, 1.807) is 0 Å². The van der Waals surface area contributed by atoms with Crippen molar-refractivity contribution >= 4 is 0 Å². The van der Waals surface area contributed by atoms with Crippen LogP contribution in [0.25, 0.3) is 0 Å². The molecule has 0 aliphatic rings. The molecule has 0 bridgehead atoms. The third-order valence-corrected chi connectivity index (χ3v) is 2.54. The summed E-state index contributed by atoms with van der Waals surface area (Å²) in [7, 11) is 0. The first-order chi connectivity index (χ1) is 7.22. The molecule has 0 aliphatic heterocycles. The minimum atomic E-state index is 0.559. The Morgan fingerprint density at radius 3 is 2.93 bits per heavy atom. The molecule has 0 amide bonds. The molecule has 82 valence electrons. The molecule has 0 spiro atoms. The van der Waals surface area contributed by atoms with Crippen LogP contribution in [0.4, 0.5) is 0 Å². The lowest BCUT2D eigenvalue weighted by Crippen LogP contribution is -2.25. The van der Waals surface area contributed by atoms with E-state index in [9.17, 15) is 0 Å². The molecular formula is C14H21N. The van der Waals surface area contributed by atoms with E-state index in [2.05, 4.69) is 50.0 Å². The molecule has 0 heterocycles. The molecule has 15 heavy (non-hydrogen) atoms. The van der Waals surface area contributed by atoms with Crippen LogP contribution in [0.1, 0.15) is 30.9 Å². The van der Waals surface area contributed by atoms with Gasteiger partial charge in [0.2, 0.25) is 0 Å². The van der Waals surface area contributed by atoms with Gasteiger partial charge in [0.05, 0.1) is 0 Å². The van der Waals surface area contributed by atoms with E-state index < -0.39 is 0 Å². The van der Waals surface area contributed by atoms with Crippen LogP contribution < -0.4 is 5.32 Å². The van der Waals surface area contributed by atoms with E-state index in [1.165, 1.54) is 11.1 Å². The summed E-state index contributed by atoms with van der Waals surface area (Å²) in [6, 6.07) is 9.20. The first-order valence-electron chi connectivity index (χ1n) is 5.62. The molecule has 1 atom stereocenters. The average Bonchev–Trinajstić information content (AvgIpc) is 2.23. The zero-order valence-corrected chi connectivity index (χ0v) is 9.79. The zero-order valence-electron chi connectivity index (χ0n) is 9.79. The van der Waals surface area contributed by atoms with Crippen molar-refractivity contribution < 1.29 is 0 Å². The van der Waals surface area contributed by atoms with Gasteiger partial charge in [-0.2, -0.15) is 0 Å². The number of hydrogen-bond acceptors (Lipinski definition) is 1. The molecule has 1 nitrogen and oxygen atoms in total. The van der Waals surface area contributed by atoms with Crippen molar-refractivity contribution in [2.24, 2.45) is 0 Å². The fraction of sp³-hybridized carbons (Fsp3) is 0.429. The van der Waals surface area contributed by atoms with Crippen molar-refractivity contribution in [3.63, 3.8) is 0 Å². The van der Waals surface area contributed by atoms with Gasteiger partial charge in [-0.25, -0.2) is 0 Å². The molecule has 1 heteroatoms. The molecule has 1 N–H and O–H groups in total. The van der Waals surface area contributed by atoms with Crippen LogP contribution in [0.15, 0.2) is 36.9 Å². The summed E-state index contributed by atoms with van der Waals surface area (Å²) in [5.41, 5.74) is 2.69. The summed E-state index contributed by atoms with van der Waals surface area (Å²) in [6.07, 6.45) is 4.22. The lowest BCUT2D eigenvalue weighted by atomic mass is 10.1. The highest BCUT2D eigenvalue weighted by Gasteiger charge is 1.99. The Hall–Kier alpha value is -1.08. The fourth-order valence-corrected chi connectivity index (χ4v) is 1.58. The summed E-state index contributed by atoms with van der Waals surface area (Å²) in [4.78, 5) is 0. The second-order valence-corrected chi connectivity index (χ2v) is 4.14. The molecule has 0 aromatic heterocycles. The second kappa shape index (κ2) is 6.41. The fourth-order valence-electron chi connectivity index (χ4n) is 1.58. The summed E-state index contributed by atoms with van der Waals surface area (Å²) in [5.74, 6) is 0. The molecule has 0 radical (unpaired) electrons. The van der Waals surface area contributed by atoms with Gasteiger partial charge in [-0.1, -0.05) is 35.9 Å². The van der Waals surface area contributed by atoms with Crippen LogP contribution in [-0.2, 0) is 6.54 Å². The molecule has 1 aromatic carbocycles. The van der Waals surface area contributed by atoms with Crippen molar-refractivity contribution in [3.8, 4) is 0 Å². The summed E-state index contributed by atoms with van der Waals surface area (Å²) in [5, 5.41) is 3.51. The van der Waals surface area contributed by atoms with Crippen molar-refractivity contribution in [3.05, 3.63) is 48.0 Å². The zero-order chi connectivity index (χ0) is 11.1. The Balaban J connectivity index is 2.33. The quantitative estimate of drug-likeness (QED) is 0.698. The van der Waals surface area contributed by atoms with Crippen LogP contribution in [-0.4, -0.2) is 6.04 Å². The smallest absolute Gasteiger partial charge is 0.0208 e. The SMILES string of the molecule is C=CCC[C@@H](C)NCc1cccc(C)c1. The Morgan fingerprint density at radius 1 is 1.47 bits per heavy atom. The Kier molecular flexibility index (Phi) is 5.13. The average molecular weight is 203 g/mol. The van der Waals surface area contributed by atoms with Crippen LogP contribution in [0.3, 0.4) is 0 Å². The topological polar surface area (TPSA) is 12.0 Å². The highest BCUT2D eigenvalue weighted by atomic mass is 14.9. The van der Waals surface area contributed by atoms with Gasteiger partial charge in [-0.15, -0.1) is 6.58 Å². The number of nitrogens with one attached hydrogen (secondary N) is 1. The molecule has 1 rings (SSSR count). The highest BCUT2D eigenvalue weighted by molar-refractivity contribution is 5.21.